The van der Waals surface area contributed by atoms with Gasteiger partial charge in [0.25, 0.3) is 0 Å². The molecule has 0 spiro atoms. The fourth-order valence-electron chi connectivity index (χ4n) is 1.72. The molecule has 0 aliphatic rings. The van der Waals surface area contributed by atoms with Crippen LogP contribution in [-0.4, -0.2) is 27.3 Å². The Kier molecular flexibility index (Phi) is 4.73. The van der Waals surface area contributed by atoms with E-state index < -0.39 is 0 Å². The lowest BCUT2D eigenvalue weighted by molar-refractivity contribution is 0.412. The summed E-state index contributed by atoms with van der Waals surface area (Å²) in [4.78, 5) is 3.93. The molecule has 6 heteroatoms. The largest absolute Gasteiger partial charge is 0.421 e. The summed E-state index contributed by atoms with van der Waals surface area (Å²) in [6.07, 6.45) is 4.91. The van der Waals surface area contributed by atoms with Gasteiger partial charge in [-0.15, -0.1) is 10.2 Å². The van der Waals surface area contributed by atoms with E-state index in [0.29, 0.717) is 22.4 Å². The number of aryl methyl sites for hydroxylation is 1. The molecule has 2 aromatic rings. The minimum Gasteiger partial charge on any atom is -0.421 e. The first kappa shape index (κ1) is 14.9. The minimum atomic E-state index is 0.130. The van der Waals surface area contributed by atoms with Crippen molar-refractivity contribution in [2.75, 3.05) is 6.54 Å². The summed E-state index contributed by atoms with van der Waals surface area (Å²) in [6, 6.07) is 1.76. The zero-order valence-corrected chi connectivity index (χ0v) is 12.7. The first-order valence-electron chi connectivity index (χ1n) is 6.63. The second kappa shape index (κ2) is 6.33. The van der Waals surface area contributed by atoms with E-state index in [1.807, 2.05) is 0 Å². The third kappa shape index (κ3) is 4.28. The van der Waals surface area contributed by atoms with Gasteiger partial charge < -0.3 is 9.73 Å². The molecule has 2 aromatic heterocycles. The highest BCUT2D eigenvalue weighted by molar-refractivity contribution is 6.32. The van der Waals surface area contributed by atoms with E-state index in [9.17, 15) is 0 Å². The molecule has 5 nitrogen and oxygen atoms in total. The van der Waals surface area contributed by atoms with Crippen LogP contribution in [0.1, 0.15) is 33.1 Å². The standard InChI is InChI=1S/C14H19ClN4O/c1-14(2,3)17-7-4-5-12-18-19-13(20-12)10-6-8-16-9-11(10)15/h6,8-9,17H,4-5,7H2,1-3H3. The Morgan fingerprint density at radius 2 is 2.10 bits per heavy atom. The van der Waals surface area contributed by atoms with Crippen molar-refractivity contribution in [2.45, 2.75) is 39.2 Å². The van der Waals surface area contributed by atoms with E-state index in [1.54, 1.807) is 18.5 Å². The lowest BCUT2D eigenvalue weighted by Gasteiger charge is -2.19. The van der Waals surface area contributed by atoms with E-state index in [1.165, 1.54) is 0 Å². The number of rotatable bonds is 5. The predicted octanol–water partition coefficient (Wildman–Crippen LogP) is 3.11. The lowest BCUT2D eigenvalue weighted by atomic mass is 10.1. The van der Waals surface area contributed by atoms with Gasteiger partial charge in [-0.05, 0) is 39.8 Å². The van der Waals surface area contributed by atoms with E-state index in [-0.39, 0.29) is 5.54 Å². The third-order valence-corrected chi connectivity index (χ3v) is 2.99. The zero-order chi connectivity index (χ0) is 14.6. The van der Waals surface area contributed by atoms with Crippen molar-refractivity contribution in [3.05, 3.63) is 29.4 Å². The Morgan fingerprint density at radius 3 is 2.80 bits per heavy atom. The Hall–Kier alpha value is -1.46. The molecule has 2 heterocycles. The fraction of sp³-hybridized carbons (Fsp3) is 0.500. The van der Waals surface area contributed by atoms with Crippen molar-refractivity contribution in [3.63, 3.8) is 0 Å². The van der Waals surface area contributed by atoms with Crippen LogP contribution in [0.5, 0.6) is 0 Å². The molecule has 0 aliphatic carbocycles. The minimum absolute atomic E-state index is 0.130. The summed E-state index contributed by atoms with van der Waals surface area (Å²) >= 11 is 6.04. The second-order valence-corrected chi connectivity index (χ2v) is 6.04. The van der Waals surface area contributed by atoms with E-state index in [4.69, 9.17) is 16.0 Å². The van der Waals surface area contributed by atoms with Crippen LogP contribution in [0.15, 0.2) is 22.9 Å². The first-order valence-corrected chi connectivity index (χ1v) is 7.01. The average Bonchev–Trinajstić information content (AvgIpc) is 2.83. The van der Waals surface area contributed by atoms with Crippen molar-refractivity contribution in [3.8, 4) is 11.5 Å². The smallest absolute Gasteiger partial charge is 0.249 e. The molecule has 0 saturated carbocycles. The van der Waals surface area contributed by atoms with Crippen LogP contribution < -0.4 is 5.32 Å². The summed E-state index contributed by atoms with van der Waals surface area (Å²) in [5, 5.41) is 12.0. The van der Waals surface area contributed by atoms with Gasteiger partial charge in [0.05, 0.1) is 10.6 Å². The van der Waals surface area contributed by atoms with Gasteiger partial charge in [-0.1, -0.05) is 11.6 Å². The van der Waals surface area contributed by atoms with Gasteiger partial charge in [0.2, 0.25) is 11.8 Å². The van der Waals surface area contributed by atoms with Crippen LogP contribution in [-0.2, 0) is 6.42 Å². The molecule has 1 N–H and O–H groups in total. The van der Waals surface area contributed by atoms with E-state index >= 15 is 0 Å². The van der Waals surface area contributed by atoms with Crippen LogP contribution in [0.25, 0.3) is 11.5 Å². The Bertz CT molecular complexity index is 562. The lowest BCUT2D eigenvalue weighted by Crippen LogP contribution is -2.36. The van der Waals surface area contributed by atoms with Crippen LogP contribution in [0.4, 0.5) is 0 Å². The summed E-state index contributed by atoms with van der Waals surface area (Å²) in [5.41, 5.74) is 0.845. The number of aromatic nitrogens is 3. The van der Waals surface area contributed by atoms with Crippen molar-refractivity contribution < 1.29 is 4.42 Å². The van der Waals surface area contributed by atoms with Crippen LogP contribution in [0.2, 0.25) is 5.02 Å². The van der Waals surface area contributed by atoms with Crippen molar-refractivity contribution in [1.29, 1.82) is 0 Å². The molecule has 0 aliphatic heterocycles. The highest BCUT2D eigenvalue weighted by atomic mass is 35.5. The Labute approximate surface area is 123 Å². The predicted molar refractivity (Wildman–Crippen MR) is 78.6 cm³/mol. The van der Waals surface area contributed by atoms with Gasteiger partial charge in [0.1, 0.15) is 0 Å². The highest BCUT2D eigenvalue weighted by Crippen LogP contribution is 2.25. The van der Waals surface area contributed by atoms with Crippen LogP contribution in [0.3, 0.4) is 0 Å². The van der Waals surface area contributed by atoms with Gasteiger partial charge in [-0.2, -0.15) is 0 Å². The fourth-order valence-corrected chi connectivity index (χ4v) is 1.92. The van der Waals surface area contributed by atoms with Gasteiger partial charge in [-0.3, -0.25) is 4.98 Å². The molecule has 20 heavy (non-hydrogen) atoms. The van der Waals surface area contributed by atoms with Gasteiger partial charge in [0, 0.05) is 24.4 Å². The molecular weight excluding hydrogens is 276 g/mol. The third-order valence-electron chi connectivity index (χ3n) is 2.69. The van der Waals surface area contributed by atoms with E-state index in [0.717, 1.165) is 19.4 Å². The molecule has 0 fully saturated rings. The van der Waals surface area contributed by atoms with Gasteiger partial charge >= 0.3 is 0 Å². The van der Waals surface area contributed by atoms with Crippen molar-refractivity contribution in [1.82, 2.24) is 20.5 Å². The Morgan fingerprint density at radius 1 is 1.30 bits per heavy atom. The van der Waals surface area contributed by atoms with Gasteiger partial charge in [0.15, 0.2) is 0 Å². The van der Waals surface area contributed by atoms with Crippen molar-refractivity contribution >= 4 is 11.6 Å². The molecule has 0 radical (unpaired) electrons. The molecule has 108 valence electrons. The summed E-state index contributed by atoms with van der Waals surface area (Å²) in [7, 11) is 0. The maximum absolute atomic E-state index is 6.04. The van der Waals surface area contributed by atoms with Crippen molar-refractivity contribution in [2.24, 2.45) is 0 Å². The topological polar surface area (TPSA) is 63.8 Å². The number of hydrogen-bond donors (Lipinski definition) is 1. The van der Waals surface area contributed by atoms with E-state index in [2.05, 4.69) is 41.3 Å². The normalized spacial score (nSPS) is 11.8. The number of hydrogen-bond acceptors (Lipinski definition) is 5. The summed E-state index contributed by atoms with van der Waals surface area (Å²) < 4.78 is 5.62. The Balaban J connectivity index is 1.92. The number of pyridine rings is 1. The monoisotopic (exact) mass is 294 g/mol. The first-order chi connectivity index (χ1) is 9.46. The molecule has 0 amide bonds. The molecule has 0 unspecified atom stereocenters. The number of halogens is 1. The molecular formula is C14H19ClN4O. The van der Waals surface area contributed by atoms with Crippen LogP contribution >= 0.6 is 11.6 Å². The van der Waals surface area contributed by atoms with Crippen LogP contribution in [0, 0.1) is 0 Å². The second-order valence-electron chi connectivity index (χ2n) is 5.64. The molecule has 0 saturated heterocycles. The molecule has 0 aromatic carbocycles. The summed E-state index contributed by atoms with van der Waals surface area (Å²) in [5.74, 6) is 1.07. The summed E-state index contributed by atoms with van der Waals surface area (Å²) in [6.45, 7) is 7.34. The van der Waals surface area contributed by atoms with Gasteiger partial charge in [-0.25, -0.2) is 0 Å². The number of nitrogens with one attached hydrogen (secondary N) is 1. The maximum Gasteiger partial charge on any atom is 0.249 e. The zero-order valence-electron chi connectivity index (χ0n) is 12.0. The highest BCUT2D eigenvalue weighted by Gasteiger charge is 2.12. The SMILES string of the molecule is CC(C)(C)NCCCc1nnc(-c2ccncc2Cl)o1. The molecule has 2 rings (SSSR count). The average molecular weight is 295 g/mol. The molecule has 0 bridgehead atoms. The number of nitrogens with zero attached hydrogens (tertiary/aromatic N) is 3. The quantitative estimate of drug-likeness (QED) is 0.859. The molecule has 0 atom stereocenters. The maximum atomic E-state index is 6.04.